The van der Waals surface area contributed by atoms with E-state index in [-0.39, 0.29) is 17.2 Å². The minimum Gasteiger partial charge on any atom is -0.321 e. The predicted molar refractivity (Wildman–Crippen MR) is 69.2 cm³/mol. The molecule has 0 saturated heterocycles. The van der Waals surface area contributed by atoms with Gasteiger partial charge < -0.3 is 10.7 Å². The summed E-state index contributed by atoms with van der Waals surface area (Å²) in [6.45, 7) is 0. The van der Waals surface area contributed by atoms with Gasteiger partial charge in [-0.3, -0.25) is 9.78 Å². The van der Waals surface area contributed by atoms with E-state index in [0.717, 1.165) is 12.1 Å². The number of hydrazine groups is 1. The van der Waals surface area contributed by atoms with E-state index >= 15 is 0 Å². The lowest BCUT2D eigenvalue weighted by molar-refractivity contribution is -0.137. The van der Waals surface area contributed by atoms with Crippen molar-refractivity contribution in [2.24, 2.45) is 5.84 Å². The number of alkyl halides is 3. The summed E-state index contributed by atoms with van der Waals surface area (Å²) in [4.78, 5) is 19.4. The number of carbonyl (C=O) groups excluding carboxylic acids is 1. The van der Waals surface area contributed by atoms with Crippen molar-refractivity contribution in [2.45, 2.75) is 6.18 Å². The van der Waals surface area contributed by atoms with Crippen molar-refractivity contribution in [2.75, 3.05) is 10.7 Å². The number of hydrogen-bond donors (Lipinski definition) is 3. The number of benzene rings is 1. The van der Waals surface area contributed by atoms with Crippen LogP contribution in [0.3, 0.4) is 0 Å². The van der Waals surface area contributed by atoms with Gasteiger partial charge in [-0.15, -0.1) is 0 Å². The van der Waals surface area contributed by atoms with Gasteiger partial charge in [-0.25, -0.2) is 10.8 Å². The highest BCUT2D eigenvalue weighted by Gasteiger charge is 2.30. The molecule has 0 spiro atoms. The van der Waals surface area contributed by atoms with Gasteiger partial charge in [0.05, 0.1) is 18.0 Å². The molecule has 0 aliphatic carbocycles. The van der Waals surface area contributed by atoms with Gasteiger partial charge in [-0.2, -0.15) is 13.2 Å². The second kappa shape index (κ2) is 5.75. The average Bonchev–Trinajstić information content (AvgIpc) is 2.46. The molecule has 0 aliphatic heterocycles. The zero-order chi connectivity index (χ0) is 15.5. The summed E-state index contributed by atoms with van der Waals surface area (Å²) in [5, 5.41) is 2.31. The number of nitrogen functional groups attached to an aromatic ring is 1. The Morgan fingerprint density at radius 2 is 2.00 bits per heavy atom. The maximum absolute atomic E-state index is 12.6. The summed E-state index contributed by atoms with van der Waals surface area (Å²) in [6, 6.07) is 4.28. The van der Waals surface area contributed by atoms with Crippen molar-refractivity contribution in [1.82, 2.24) is 9.97 Å². The first-order chi connectivity index (χ1) is 9.90. The number of nitrogens with two attached hydrogens (primary N) is 1. The standard InChI is InChI=1S/C12H10F3N5O/c13-12(14,15)7-2-1-3-8(4-7)18-11(21)9-5-17-6-10(19-9)20-16/h1-6H,16H2,(H,18,21)(H,19,20). The smallest absolute Gasteiger partial charge is 0.321 e. The van der Waals surface area contributed by atoms with Gasteiger partial charge in [0.1, 0.15) is 5.69 Å². The zero-order valence-electron chi connectivity index (χ0n) is 10.5. The number of anilines is 2. The molecule has 0 radical (unpaired) electrons. The third-order valence-corrected chi connectivity index (χ3v) is 2.46. The van der Waals surface area contributed by atoms with Gasteiger partial charge in [0.2, 0.25) is 0 Å². The van der Waals surface area contributed by atoms with Gasteiger partial charge in [-0.1, -0.05) is 6.07 Å². The summed E-state index contributed by atoms with van der Waals surface area (Å²) < 4.78 is 37.7. The Morgan fingerprint density at radius 3 is 2.67 bits per heavy atom. The topological polar surface area (TPSA) is 92.9 Å². The summed E-state index contributed by atoms with van der Waals surface area (Å²) in [6.07, 6.45) is -2.02. The molecule has 0 aliphatic rings. The maximum Gasteiger partial charge on any atom is 0.416 e. The number of amides is 1. The Morgan fingerprint density at radius 1 is 1.24 bits per heavy atom. The van der Waals surface area contributed by atoms with E-state index in [0.29, 0.717) is 0 Å². The van der Waals surface area contributed by atoms with Crippen LogP contribution in [0, 0.1) is 0 Å². The van der Waals surface area contributed by atoms with Crippen LogP contribution in [0.4, 0.5) is 24.7 Å². The monoisotopic (exact) mass is 297 g/mol. The third-order valence-electron chi connectivity index (χ3n) is 2.46. The first kappa shape index (κ1) is 14.7. The number of rotatable bonds is 3. The SMILES string of the molecule is NNc1cncc(C(=O)Nc2cccc(C(F)(F)F)c2)n1. The van der Waals surface area contributed by atoms with Crippen molar-refractivity contribution < 1.29 is 18.0 Å². The van der Waals surface area contributed by atoms with Crippen molar-refractivity contribution in [1.29, 1.82) is 0 Å². The van der Waals surface area contributed by atoms with Gasteiger partial charge in [0.15, 0.2) is 5.82 Å². The molecule has 0 atom stereocenters. The van der Waals surface area contributed by atoms with Crippen LogP contribution >= 0.6 is 0 Å². The molecule has 0 fully saturated rings. The first-order valence-electron chi connectivity index (χ1n) is 5.67. The fourth-order valence-electron chi connectivity index (χ4n) is 1.51. The molecule has 110 valence electrons. The van der Waals surface area contributed by atoms with E-state index in [4.69, 9.17) is 5.84 Å². The molecule has 9 heteroatoms. The molecule has 1 heterocycles. The van der Waals surface area contributed by atoms with Crippen molar-refractivity contribution >= 4 is 17.4 Å². The summed E-state index contributed by atoms with van der Waals surface area (Å²) in [7, 11) is 0. The Bertz CT molecular complexity index is 659. The minimum atomic E-state index is -4.48. The molecule has 6 nitrogen and oxygen atoms in total. The molecule has 2 aromatic rings. The molecule has 0 saturated carbocycles. The predicted octanol–water partition coefficient (Wildman–Crippen LogP) is 2.03. The van der Waals surface area contributed by atoms with Crippen LogP contribution in [-0.4, -0.2) is 15.9 Å². The summed E-state index contributed by atoms with van der Waals surface area (Å²) in [5.41, 5.74) is 1.28. The van der Waals surface area contributed by atoms with Crippen molar-refractivity contribution in [3.05, 3.63) is 47.9 Å². The zero-order valence-corrected chi connectivity index (χ0v) is 10.5. The van der Waals surface area contributed by atoms with Crippen LogP contribution in [-0.2, 0) is 6.18 Å². The number of nitrogens with zero attached hydrogens (tertiary/aromatic N) is 2. The average molecular weight is 297 g/mol. The molecule has 1 aromatic carbocycles. The second-order valence-electron chi connectivity index (χ2n) is 3.97. The number of aromatic nitrogens is 2. The van der Waals surface area contributed by atoms with Crippen molar-refractivity contribution in [3.8, 4) is 0 Å². The fourth-order valence-corrected chi connectivity index (χ4v) is 1.51. The first-order valence-corrected chi connectivity index (χ1v) is 5.67. The minimum absolute atomic E-state index is 0.00253. The van der Waals surface area contributed by atoms with E-state index in [9.17, 15) is 18.0 Å². The van der Waals surface area contributed by atoms with Crippen LogP contribution in [0.15, 0.2) is 36.7 Å². The Balaban J connectivity index is 2.19. The van der Waals surface area contributed by atoms with Crippen LogP contribution in [0.5, 0.6) is 0 Å². The van der Waals surface area contributed by atoms with E-state index in [1.165, 1.54) is 24.5 Å². The van der Waals surface area contributed by atoms with Crippen LogP contribution in [0.25, 0.3) is 0 Å². The molecule has 0 bridgehead atoms. The molecular weight excluding hydrogens is 287 g/mol. The summed E-state index contributed by atoms with van der Waals surface area (Å²) in [5.74, 6) is 4.59. The quantitative estimate of drug-likeness (QED) is 0.595. The largest absolute Gasteiger partial charge is 0.416 e. The molecule has 0 unspecified atom stereocenters. The number of nitrogens with one attached hydrogen (secondary N) is 2. The second-order valence-corrected chi connectivity index (χ2v) is 3.97. The molecule has 1 amide bonds. The van der Waals surface area contributed by atoms with Crippen molar-refractivity contribution in [3.63, 3.8) is 0 Å². The molecule has 2 rings (SSSR count). The third kappa shape index (κ3) is 3.66. The maximum atomic E-state index is 12.6. The molecular formula is C12H10F3N5O. The van der Waals surface area contributed by atoms with E-state index in [2.05, 4.69) is 20.7 Å². The van der Waals surface area contributed by atoms with Crippen LogP contribution in [0.2, 0.25) is 0 Å². The summed E-state index contributed by atoms with van der Waals surface area (Å²) >= 11 is 0. The van der Waals surface area contributed by atoms with Crippen LogP contribution in [0.1, 0.15) is 16.1 Å². The lowest BCUT2D eigenvalue weighted by Gasteiger charge is -2.09. The van der Waals surface area contributed by atoms with Crippen LogP contribution < -0.4 is 16.6 Å². The van der Waals surface area contributed by atoms with E-state index in [1.54, 1.807) is 0 Å². The number of halogens is 3. The lowest BCUT2D eigenvalue weighted by Crippen LogP contribution is -2.17. The molecule has 4 N–H and O–H groups in total. The van der Waals surface area contributed by atoms with Gasteiger partial charge in [-0.05, 0) is 18.2 Å². The van der Waals surface area contributed by atoms with Gasteiger partial charge in [0, 0.05) is 5.69 Å². The molecule has 21 heavy (non-hydrogen) atoms. The number of hydrogen-bond acceptors (Lipinski definition) is 5. The van der Waals surface area contributed by atoms with E-state index in [1.807, 2.05) is 0 Å². The highest BCUT2D eigenvalue weighted by atomic mass is 19.4. The Labute approximate surface area is 117 Å². The Hall–Kier alpha value is -2.68. The van der Waals surface area contributed by atoms with Gasteiger partial charge >= 0.3 is 6.18 Å². The molecule has 1 aromatic heterocycles. The van der Waals surface area contributed by atoms with Gasteiger partial charge in [0.25, 0.3) is 5.91 Å². The van der Waals surface area contributed by atoms with E-state index < -0.39 is 17.6 Å². The highest BCUT2D eigenvalue weighted by molar-refractivity contribution is 6.02. The fraction of sp³-hybridized carbons (Fsp3) is 0.0833. The highest BCUT2D eigenvalue weighted by Crippen LogP contribution is 2.30. The lowest BCUT2D eigenvalue weighted by atomic mass is 10.2. The number of carbonyl (C=O) groups is 1. The Kier molecular flexibility index (Phi) is 4.03. The normalized spacial score (nSPS) is 11.0.